The summed E-state index contributed by atoms with van der Waals surface area (Å²) in [6, 6.07) is 7.33. The lowest BCUT2D eigenvalue weighted by atomic mass is 10.0. The minimum absolute atomic E-state index is 0.0130. The first kappa shape index (κ1) is 9.34. The summed E-state index contributed by atoms with van der Waals surface area (Å²) in [5, 5.41) is 3.33. The first-order valence-corrected chi connectivity index (χ1v) is 4.77. The smallest absolute Gasteiger partial charge is 0.408 e. The Balaban J connectivity index is 2.27. The Morgan fingerprint density at radius 2 is 2.29 bits per heavy atom. The second kappa shape index (κ2) is 3.50. The second-order valence-electron chi connectivity index (χ2n) is 3.31. The molecule has 14 heavy (non-hydrogen) atoms. The molecule has 1 aromatic carbocycles. The van der Waals surface area contributed by atoms with E-state index >= 15 is 0 Å². The standard InChI is InChI=1S/C10H10ClNO2/c1-6-9(14-10(13)12-6)7-3-2-4-8(11)5-7/h2-6,9H,1H3,(H,12,13)/t6-,9-/m1/s1. The number of benzene rings is 1. The van der Waals surface area contributed by atoms with Gasteiger partial charge in [0.15, 0.2) is 0 Å². The van der Waals surface area contributed by atoms with Gasteiger partial charge in [-0.2, -0.15) is 0 Å². The van der Waals surface area contributed by atoms with Crippen molar-refractivity contribution in [3.8, 4) is 0 Å². The molecule has 1 fully saturated rings. The Morgan fingerprint density at radius 3 is 2.86 bits per heavy atom. The normalized spacial score (nSPS) is 25.7. The fourth-order valence-corrected chi connectivity index (χ4v) is 1.75. The van der Waals surface area contributed by atoms with Crippen LogP contribution in [0.4, 0.5) is 4.79 Å². The van der Waals surface area contributed by atoms with Crippen LogP contribution >= 0.6 is 11.6 Å². The van der Waals surface area contributed by atoms with E-state index in [4.69, 9.17) is 16.3 Å². The van der Waals surface area contributed by atoms with Crippen LogP contribution in [0.3, 0.4) is 0 Å². The van der Waals surface area contributed by atoms with Gasteiger partial charge in [-0.1, -0.05) is 23.7 Å². The van der Waals surface area contributed by atoms with Gasteiger partial charge in [-0.05, 0) is 24.6 Å². The highest BCUT2D eigenvalue weighted by molar-refractivity contribution is 6.30. The number of amides is 1. The van der Waals surface area contributed by atoms with Crippen LogP contribution in [0.15, 0.2) is 24.3 Å². The van der Waals surface area contributed by atoms with E-state index in [1.54, 1.807) is 6.07 Å². The number of hydrogen-bond acceptors (Lipinski definition) is 2. The molecule has 0 spiro atoms. The van der Waals surface area contributed by atoms with Crippen molar-refractivity contribution >= 4 is 17.7 Å². The van der Waals surface area contributed by atoms with Gasteiger partial charge >= 0.3 is 6.09 Å². The maximum Gasteiger partial charge on any atom is 0.408 e. The lowest BCUT2D eigenvalue weighted by Gasteiger charge is -2.12. The molecular weight excluding hydrogens is 202 g/mol. The van der Waals surface area contributed by atoms with Crippen molar-refractivity contribution in [2.45, 2.75) is 19.1 Å². The van der Waals surface area contributed by atoms with E-state index in [2.05, 4.69) is 5.32 Å². The van der Waals surface area contributed by atoms with Gasteiger partial charge < -0.3 is 10.1 Å². The van der Waals surface area contributed by atoms with E-state index in [0.29, 0.717) is 5.02 Å². The average Bonchev–Trinajstić information content (AvgIpc) is 2.45. The quantitative estimate of drug-likeness (QED) is 0.775. The zero-order chi connectivity index (χ0) is 10.1. The van der Waals surface area contributed by atoms with Crippen LogP contribution in [0.2, 0.25) is 5.02 Å². The Labute approximate surface area is 87.0 Å². The van der Waals surface area contributed by atoms with Crippen LogP contribution in [-0.2, 0) is 4.74 Å². The average molecular weight is 212 g/mol. The third-order valence-corrected chi connectivity index (χ3v) is 2.45. The molecule has 4 heteroatoms. The predicted molar refractivity (Wildman–Crippen MR) is 53.3 cm³/mol. The molecule has 3 nitrogen and oxygen atoms in total. The van der Waals surface area contributed by atoms with Gasteiger partial charge in [-0.15, -0.1) is 0 Å². The van der Waals surface area contributed by atoms with Crippen LogP contribution in [0.25, 0.3) is 0 Å². The van der Waals surface area contributed by atoms with Crippen LogP contribution in [0.1, 0.15) is 18.6 Å². The van der Waals surface area contributed by atoms with Crippen molar-refractivity contribution in [1.82, 2.24) is 5.32 Å². The van der Waals surface area contributed by atoms with E-state index < -0.39 is 0 Å². The van der Waals surface area contributed by atoms with Crippen molar-refractivity contribution in [1.29, 1.82) is 0 Å². The van der Waals surface area contributed by atoms with Crippen LogP contribution < -0.4 is 5.32 Å². The molecule has 74 valence electrons. The van der Waals surface area contributed by atoms with Crippen molar-refractivity contribution < 1.29 is 9.53 Å². The van der Waals surface area contributed by atoms with Gasteiger partial charge in [0.05, 0.1) is 6.04 Å². The summed E-state index contributed by atoms with van der Waals surface area (Å²) in [4.78, 5) is 11.0. The third-order valence-electron chi connectivity index (χ3n) is 2.21. The maximum atomic E-state index is 11.0. The van der Waals surface area contributed by atoms with Crippen LogP contribution in [0, 0.1) is 0 Å². The monoisotopic (exact) mass is 211 g/mol. The molecule has 0 radical (unpaired) electrons. The highest BCUT2D eigenvalue weighted by atomic mass is 35.5. The Kier molecular flexibility index (Phi) is 2.33. The topological polar surface area (TPSA) is 38.3 Å². The summed E-state index contributed by atoms with van der Waals surface area (Å²) in [5.41, 5.74) is 0.920. The number of carbonyl (C=O) groups excluding carboxylic acids is 1. The molecule has 1 aliphatic rings. The van der Waals surface area contributed by atoms with Gasteiger partial charge in [0, 0.05) is 5.02 Å². The third kappa shape index (κ3) is 1.68. The van der Waals surface area contributed by atoms with Gasteiger partial charge in [0.25, 0.3) is 0 Å². The molecule has 1 saturated heterocycles. The lowest BCUT2D eigenvalue weighted by molar-refractivity contribution is 0.134. The molecule has 2 atom stereocenters. The molecule has 1 amide bonds. The molecule has 1 N–H and O–H groups in total. The number of ether oxygens (including phenoxy) is 1. The Bertz CT molecular complexity index is 367. The molecule has 0 unspecified atom stereocenters. The molecule has 2 rings (SSSR count). The summed E-state index contributed by atoms with van der Waals surface area (Å²) in [6.07, 6.45) is -0.608. The molecule has 0 aromatic heterocycles. The summed E-state index contributed by atoms with van der Waals surface area (Å²) in [7, 11) is 0. The maximum absolute atomic E-state index is 11.0. The van der Waals surface area contributed by atoms with E-state index in [0.717, 1.165) is 5.56 Å². The minimum atomic E-state index is -0.373. The fraction of sp³-hybridized carbons (Fsp3) is 0.300. The number of nitrogens with one attached hydrogen (secondary N) is 1. The first-order valence-electron chi connectivity index (χ1n) is 4.39. The highest BCUT2D eigenvalue weighted by Gasteiger charge is 2.31. The first-order chi connectivity index (χ1) is 6.66. The molecule has 1 heterocycles. The van der Waals surface area contributed by atoms with Crippen molar-refractivity contribution in [2.75, 3.05) is 0 Å². The van der Waals surface area contributed by atoms with E-state index in [9.17, 15) is 4.79 Å². The summed E-state index contributed by atoms with van der Waals surface area (Å²) < 4.78 is 5.11. The number of carbonyl (C=O) groups is 1. The molecule has 1 aromatic rings. The zero-order valence-corrected chi connectivity index (χ0v) is 8.41. The van der Waals surface area contributed by atoms with Gasteiger partial charge in [-0.25, -0.2) is 4.79 Å². The zero-order valence-electron chi connectivity index (χ0n) is 7.66. The Morgan fingerprint density at radius 1 is 1.50 bits per heavy atom. The van der Waals surface area contributed by atoms with Gasteiger partial charge in [0.1, 0.15) is 6.10 Å². The van der Waals surface area contributed by atoms with Crippen molar-refractivity contribution in [3.05, 3.63) is 34.9 Å². The molecule has 1 aliphatic heterocycles. The lowest BCUT2D eigenvalue weighted by Crippen LogP contribution is -2.23. The van der Waals surface area contributed by atoms with E-state index in [1.165, 1.54) is 0 Å². The van der Waals surface area contributed by atoms with E-state index in [1.807, 2.05) is 25.1 Å². The van der Waals surface area contributed by atoms with E-state index in [-0.39, 0.29) is 18.2 Å². The SMILES string of the molecule is C[C@H]1NC(=O)O[C@H]1c1cccc(Cl)c1. The predicted octanol–water partition coefficient (Wildman–Crippen LogP) is 2.51. The number of rotatable bonds is 1. The van der Waals surface area contributed by atoms with Gasteiger partial charge in [0.2, 0.25) is 0 Å². The summed E-state index contributed by atoms with van der Waals surface area (Å²) in [6.45, 7) is 1.90. The highest BCUT2D eigenvalue weighted by Crippen LogP contribution is 2.27. The summed E-state index contributed by atoms with van der Waals surface area (Å²) >= 11 is 5.85. The van der Waals surface area contributed by atoms with Crippen LogP contribution in [0.5, 0.6) is 0 Å². The molecule has 0 bridgehead atoms. The van der Waals surface area contributed by atoms with Crippen molar-refractivity contribution in [2.24, 2.45) is 0 Å². The number of halogens is 1. The van der Waals surface area contributed by atoms with Gasteiger partial charge in [-0.3, -0.25) is 0 Å². The number of alkyl carbamates (subject to hydrolysis) is 1. The molecule has 0 saturated carbocycles. The Hall–Kier alpha value is -1.22. The van der Waals surface area contributed by atoms with Crippen molar-refractivity contribution in [3.63, 3.8) is 0 Å². The molecular formula is C10H10ClNO2. The fourth-order valence-electron chi connectivity index (χ4n) is 1.55. The number of cyclic esters (lactones) is 1. The largest absolute Gasteiger partial charge is 0.439 e. The second-order valence-corrected chi connectivity index (χ2v) is 3.75. The van der Waals surface area contributed by atoms with Crippen LogP contribution in [-0.4, -0.2) is 12.1 Å². The summed E-state index contributed by atoms with van der Waals surface area (Å²) in [5.74, 6) is 0. The minimum Gasteiger partial charge on any atom is -0.439 e. The number of hydrogen-bond donors (Lipinski definition) is 1. The molecule has 0 aliphatic carbocycles.